The monoisotopic (exact) mass is 381 g/mol. The molecule has 0 unspecified atom stereocenters. The number of likely N-dealkylation sites (N-methyl/N-ethyl adjacent to an activating group) is 1. The fraction of sp³-hybridized carbons (Fsp3) is 0.273. The quantitative estimate of drug-likeness (QED) is 0.569. The zero-order valence-corrected chi connectivity index (χ0v) is 16.5. The van der Waals surface area contributed by atoms with E-state index in [9.17, 15) is 4.79 Å². The maximum Gasteiger partial charge on any atom is 0.242 e. The molecule has 0 N–H and O–H groups in total. The van der Waals surface area contributed by atoms with Crippen LogP contribution in [0.3, 0.4) is 0 Å². The molecule has 2 aromatic carbocycles. The van der Waals surface area contributed by atoms with Gasteiger partial charge in [0, 0.05) is 18.6 Å². The molecule has 1 amide bonds. The summed E-state index contributed by atoms with van der Waals surface area (Å²) in [7, 11) is 1.86. The Morgan fingerprint density at radius 2 is 1.89 bits per heavy atom. The van der Waals surface area contributed by atoms with Gasteiger partial charge >= 0.3 is 0 Å². The molecule has 0 saturated heterocycles. The first-order chi connectivity index (χ1) is 13.1. The fourth-order valence-corrected chi connectivity index (χ4v) is 3.03. The normalized spacial score (nSPS) is 11.4. The number of aromatic nitrogens is 2. The summed E-state index contributed by atoms with van der Waals surface area (Å²) in [6.07, 6.45) is 6.01. The van der Waals surface area contributed by atoms with Crippen LogP contribution in [0, 0.1) is 0 Å². The highest BCUT2D eigenvalue weighted by Gasteiger charge is 2.14. The van der Waals surface area contributed by atoms with Crippen LogP contribution < -0.4 is 0 Å². The van der Waals surface area contributed by atoms with Crippen LogP contribution in [-0.2, 0) is 11.3 Å². The number of fused-ring (bicyclic) bond motifs is 1. The minimum absolute atomic E-state index is 0.0905. The molecule has 1 aromatic heterocycles. The Bertz CT molecular complexity index is 944. The number of unbranched alkanes of at least 4 members (excludes halogenated alkanes) is 1. The van der Waals surface area contributed by atoms with Gasteiger partial charge in [0.2, 0.25) is 5.91 Å². The molecule has 0 radical (unpaired) electrons. The van der Waals surface area contributed by atoms with Crippen LogP contribution in [-0.4, -0.2) is 34.0 Å². The summed E-state index contributed by atoms with van der Waals surface area (Å²) in [5.41, 5.74) is 2.88. The van der Waals surface area contributed by atoms with Crippen LogP contribution in [0.5, 0.6) is 0 Å². The lowest BCUT2D eigenvalue weighted by Gasteiger charge is -2.17. The molecule has 0 fully saturated rings. The minimum Gasteiger partial charge on any atom is -0.344 e. The van der Waals surface area contributed by atoms with Crippen molar-refractivity contribution in [1.82, 2.24) is 14.5 Å². The topological polar surface area (TPSA) is 38.1 Å². The number of para-hydroxylation sites is 2. The largest absolute Gasteiger partial charge is 0.344 e. The van der Waals surface area contributed by atoms with Gasteiger partial charge in [-0.25, -0.2) is 4.98 Å². The first-order valence-electron chi connectivity index (χ1n) is 9.21. The number of hydrogen-bond donors (Lipinski definition) is 0. The Labute approximate surface area is 165 Å². The Kier molecular flexibility index (Phi) is 6.30. The summed E-state index contributed by atoms with van der Waals surface area (Å²) < 4.78 is 1.98. The average Bonchev–Trinajstić information content (AvgIpc) is 3.03. The Morgan fingerprint density at radius 3 is 2.63 bits per heavy atom. The van der Waals surface area contributed by atoms with Gasteiger partial charge in [0.05, 0.1) is 11.0 Å². The van der Waals surface area contributed by atoms with E-state index < -0.39 is 0 Å². The van der Waals surface area contributed by atoms with Gasteiger partial charge < -0.3 is 9.47 Å². The van der Waals surface area contributed by atoms with E-state index in [1.54, 1.807) is 4.90 Å². The molecule has 0 aliphatic carbocycles. The van der Waals surface area contributed by atoms with E-state index in [2.05, 4.69) is 6.92 Å². The molecule has 0 aliphatic heterocycles. The molecule has 3 aromatic rings. The lowest BCUT2D eigenvalue weighted by molar-refractivity contribution is -0.130. The first-order valence-corrected chi connectivity index (χ1v) is 9.59. The van der Waals surface area contributed by atoms with Crippen LogP contribution in [0.25, 0.3) is 23.2 Å². The van der Waals surface area contributed by atoms with Crippen molar-refractivity contribution in [3.8, 4) is 0 Å². The molecule has 0 bridgehead atoms. The highest BCUT2D eigenvalue weighted by molar-refractivity contribution is 6.30. The molecule has 0 spiro atoms. The number of carbonyl (C=O) groups excluding carboxylic acids is 1. The molecule has 27 heavy (non-hydrogen) atoms. The van der Waals surface area contributed by atoms with Crippen molar-refractivity contribution in [3.63, 3.8) is 0 Å². The highest BCUT2D eigenvalue weighted by atomic mass is 35.5. The molecule has 0 aliphatic rings. The van der Waals surface area contributed by atoms with E-state index in [0.29, 0.717) is 5.02 Å². The van der Waals surface area contributed by atoms with Gasteiger partial charge in [0.1, 0.15) is 12.4 Å². The van der Waals surface area contributed by atoms with Crippen molar-refractivity contribution in [2.45, 2.75) is 26.3 Å². The predicted molar refractivity (Wildman–Crippen MR) is 113 cm³/mol. The van der Waals surface area contributed by atoms with Crippen molar-refractivity contribution in [3.05, 3.63) is 64.9 Å². The molecule has 3 rings (SSSR count). The number of benzene rings is 2. The molecule has 0 saturated carbocycles. The van der Waals surface area contributed by atoms with E-state index in [1.165, 1.54) is 0 Å². The second-order valence-corrected chi connectivity index (χ2v) is 7.04. The summed E-state index contributed by atoms with van der Waals surface area (Å²) in [4.78, 5) is 19.2. The van der Waals surface area contributed by atoms with Gasteiger partial charge in [-0.3, -0.25) is 4.79 Å². The standard InChI is InChI=1S/C22H24ClN3O/c1-3-4-15-25(2)22(27)16-26-20-8-6-5-7-19(20)24-21(26)14-11-17-9-12-18(23)13-10-17/h5-14H,3-4,15-16H2,1-2H3/b14-11+. The maximum absolute atomic E-state index is 12.7. The van der Waals surface area contributed by atoms with Crippen molar-refractivity contribution < 1.29 is 4.79 Å². The van der Waals surface area contributed by atoms with Crippen molar-refractivity contribution >= 4 is 40.7 Å². The molecular formula is C22H24ClN3O. The number of imidazole rings is 1. The number of nitrogens with zero attached hydrogens (tertiary/aromatic N) is 3. The summed E-state index contributed by atoms with van der Waals surface area (Å²) in [5.74, 6) is 0.858. The first kappa shape index (κ1) is 19.2. The third-order valence-electron chi connectivity index (χ3n) is 4.55. The fourth-order valence-electron chi connectivity index (χ4n) is 2.91. The molecule has 4 nitrogen and oxygen atoms in total. The molecule has 140 valence electrons. The zero-order valence-electron chi connectivity index (χ0n) is 15.7. The summed E-state index contributed by atoms with van der Waals surface area (Å²) >= 11 is 5.95. The van der Waals surface area contributed by atoms with Gasteiger partial charge in [0.15, 0.2) is 0 Å². The summed E-state index contributed by atoms with van der Waals surface area (Å²) in [6.45, 7) is 3.18. The zero-order chi connectivity index (χ0) is 19.2. The molecule has 0 atom stereocenters. The van der Waals surface area contributed by atoms with E-state index in [-0.39, 0.29) is 12.5 Å². The number of rotatable bonds is 7. The average molecular weight is 382 g/mol. The Balaban J connectivity index is 1.89. The lowest BCUT2D eigenvalue weighted by Crippen LogP contribution is -2.31. The van der Waals surface area contributed by atoms with Crippen LogP contribution in [0.15, 0.2) is 48.5 Å². The molecule has 1 heterocycles. The second-order valence-electron chi connectivity index (χ2n) is 6.60. The van der Waals surface area contributed by atoms with Gasteiger partial charge in [-0.1, -0.05) is 55.3 Å². The van der Waals surface area contributed by atoms with Crippen LogP contribution in [0.4, 0.5) is 0 Å². The number of carbonyl (C=O) groups is 1. The smallest absolute Gasteiger partial charge is 0.242 e. The molecular weight excluding hydrogens is 358 g/mol. The van der Waals surface area contributed by atoms with Gasteiger partial charge in [0.25, 0.3) is 0 Å². The third kappa shape index (κ3) is 4.77. The van der Waals surface area contributed by atoms with Gasteiger partial charge in [-0.2, -0.15) is 0 Å². The van der Waals surface area contributed by atoms with Crippen molar-refractivity contribution in [2.75, 3.05) is 13.6 Å². The summed E-state index contributed by atoms with van der Waals surface area (Å²) in [6, 6.07) is 15.5. The number of halogens is 1. The highest BCUT2D eigenvalue weighted by Crippen LogP contribution is 2.19. The molecule has 5 heteroatoms. The number of hydrogen-bond acceptors (Lipinski definition) is 2. The number of amides is 1. The van der Waals surface area contributed by atoms with E-state index >= 15 is 0 Å². The summed E-state index contributed by atoms with van der Waals surface area (Å²) in [5, 5.41) is 0.708. The van der Waals surface area contributed by atoms with Crippen LogP contribution >= 0.6 is 11.6 Å². The van der Waals surface area contributed by atoms with Crippen molar-refractivity contribution in [2.24, 2.45) is 0 Å². The second kappa shape index (κ2) is 8.87. The predicted octanol–water partition coefficient (Wildman–Crippen LogP) is 5.12. The SMILES string of the molecule is CCCCN(C)C(=O)Cn1c(/C=C/c2ccc(Cl)cc2)nc2ccccc21. The Hall–Kier alpha value is -2.59. The third-order valence-corrected chi connectivity index (χ3v) is 4.80. The van der Waals surface area contributed by atoms with Gasteiger partial charge in [-0.15, -0.1) is 0 Å². The van der Waals surface area contributed by atoms with E-state index in [1.807, 2.05) is 72.3 Å². The Morgan fingerprint density at radius 1 is 1.15 bits per heavy atom. The lowest BCUT2D eigenvalue weighted by atomic mass is 10.2. The van der Waals surface area contributed by atoms with Crippen LogP contribution in [0.2, 0.25) is 5.02 Å². The van der Waals surface area contributed by atoms with Crippen LogP contribution in [0.1, 0.15) is 31.2 Å². The van der Waals surface area contributed by atoms with E-state index in [0.717, 1.165) is 41.8 Å². The minimum atomic E-state index is 0.0905. The van der Waals surface area contributed by atoms with E-state index in [4.69, 9.17) is 16.6 Å². The van der Waals surface area contributed by atoms with Crippen molar-refractivity contribution in [1.29, 1.82) is 0 Å². The van der Waals surface area contributed by atoms with Gasteiger partial charge in [-0.05, 0) is 42.3 Å². The maximum atomic E-state index is 12.7.